The molecule has 1 unspecified atom stereocenters. The number of quaternary nitrogens is 1. The van der Waals surface area contributed by atoms with Crippen molar-refractivity contribution in [2.24, 2.45) is 0 Å². The lowest BCUT2D eigenvalue weighted by atomic mass is 9.95. The monoisotopic (exact) mass is 369 g/mol. The van der Waals surface area contributed by atoms with Gasteiger partial charge in [0.2, 0.25) is 0 Å². The standard InChI is InChI=1S/C21H21FN2O3/c1-23(2)12-13-24-18(15-10-6-7-11-16(15)22)17(20(26)21(24)27)19(25)14-8-4-3-5-9-14/h3-11,18,25H,12-13H2,1-2H3/p+1. The molecule has 1 atom stereocenters. The summed E-state index contributed by atoms with van der Waals surface area (Å²) in [4.78, 5) is 27.8. The number of Topliss-reactive ketones (excluding diaryl/α,β-unsaturated/α-hetero) is 1. The fourth-order valence-electron chi connectivity index (χ4n) is 3.23. The summed E-state index contributed by atoms with van der Waals surface area (Å²) in [6.07, 6.45) is 0. The quantitative estimate of drug-likeness (QED) is 0.476. The van der Waals surface area contributed by atoms with E-state index in [1.165, 1.54) is 11.0 Å². The van der Waals surface area contributed by atoms with E-state index in [-0.39, 0.29) is 23.4 Å². The minimum absolute atomic E-state index is 0.0787. The Morgan fingerprint density at radius 3 is 2.33 bits per heavy atom. The van der Waals surface area contributed by atoms with Gasteiger partial charge in [-0.2, -0.15) is 0 Å². The Labute approximate surface area is 157 Å². The average molecular weight is 369 g/mol. The highest BCUT2D eigenvalue weighted by molar-refractivity contribution is 6.46. The normalized spacial score (nSPS) is 19.1. The number of aliphatic hydroxyl groups excluding tert-OH is 1. The fourth-order valence-corrected chi connectivity index (χ4v) is 3.23. The lowest BCUT2D eigenvalue weighted by molar-refractivity contribution is -0.857. The van der Waals surface area contributed by atoms with Crippen LogP contribution in [0.2, 0.25) is 0 Å². The number of likely N-dealkylation sites (tertiary alicyclic amines) is 1. The Hall–Kier alpha value is -2.99. The zero-order valence-corrected chi connectivity index (χ0v) is 15.3. The summed E-state index contributed by atoms with van der Waals surface area (Å²) in [5.41, 5.74) is 0.531. The lowest BCUT2D eigenvalue weighted by Gasteiger charge is -2.25. The predicted octanol–water partition coefficient (Wildman–Crippen LogP) is 1.39. The Morgan fingerprint density at radius 1 is 1.07 bits per heavy atom. The molecule has 5 nitrogen and oxygen atoms in total. The number of rotatable bonds is 5. The van der Waals surface area contributed by atoms with Crippen molar-refractivity contribution in [2.45, 2.75) is 6.04 Å². The molecule has 1 fully saturated rings. The largest absolute Gasteiger partial charge is 0.507 e. The number of ketones is 1. The third-order valence-corrected chi connectivity index (χ3v) is 4.64. The number of amides is 1. The number of benzene rings is 2. The van der Waals surface area contributed by atoms with Crippen LogP contribution in [-0.2, 0) is 9.59 Å². The number of nitrogens with one attached hydrogen (secondary N) is 1. The first-order valence-electron chi connectivity index (χ1n) is 8.79. The van der Waals surface area contributed by atoms with E-state index in [0.717, 1.165) is 4.90 Å². The molecule has 2 N–H and O–H groups in total. The van der Waals surface area contributed by atoms with E-state index < -0.39 is 23.5 Å². The van der Waals surface area contributed by atoms with E-state index in [1.54, 1.807) is 48.5 Å². The molecule has 140 valence electrons. The van der Waals surface area contributed by atoms with Gasteiger partial charge in [-0.1, -0.05) is 48.5 Å². The molecule has 1 amide bonds. The van der Waals surface area contributed by atoms with E-state index in [0.29, 0.717) is 12.1 Å². The van der Waals surface area contributed by atoms with Crippen LogP contribution < -0.4 is 4.90 Å². The van der Waals surface area contributed by atoms with E-state index in [1.807, 2.05) is 14.1 Å². The summed E-state index contributed by atoms with van der Waals surface area (Å²) >= 11 is 0. The molecule has 1 aliphatic rings. The second-order valence-corrected chi connectivity index (χ2v) is 6.84. The topological polar surface area (TPSA) is 62.0 Å². The fraction of sp³-hybridized carbons (Fsp3) is 0.238. The summed E-state index contributed by atoms with van der Waals surface area (Å²) in [5, 5.41) is 10.8. The van der Waals surface area contributed by atoms with Crippen LogP contribution in [0.15, 0.2) is 60.2 Å². The maximum absolute atomic E-state index is 14.5. The minimum Gasteiger partial charge on any atom is -0.507 e. The van der Waals surface area contributed by atoms with Gasteiger partial charge in [-0.15, -0.1) is 0 Å². The number of carbonyl (C=O) groups excluding carboxylic acids is 2. The number of hydrogen-bond donors (Lipinski definition) is 2. The summed E-state index contributed by atoms with van der Waals surface area (Å²) in [7, 11) is 3.86. The van der Waals surface area contributed by atoms with Gasteiger partial charge < -0.3 is 14.9 Å². The summed E-state index contributed by atoms with van der Waals surface area (Å²) in [5.74, 6) is -2.33. The van der Waals surface area contributed by atoms with Crippen LogP contribution in [-0.4, -0.2) is 48.9 Å². The van der Waals surface area contributed by atoms with Gasteiger partial charge in [-0.25, -0.2) is 4.39 Å². The van der Waals surface area contributed by atoms with Crippen molar-refractivity contribution in [1.82, 2.24) is 4.90 Å². The smallest absolute Gasteiger partial charge is 0.295 e. The highest BCUT2D eigenvalue weighted by Crippen LogP contribution is 2.39. The van der Waals surface area contributed by atoms with Crippen molar-refractivity contribution in [3.05, 3.63) is 77.1 Å². The summed E-state index contributed by atoms with van der Waals surface area (Å²) in [6, 6.07) is 13.6. The zero-order chi connectivity index (χ0) is 19.6. The summed E-state index contributed by atoms with van der Waals surface area (Å²) < 4.78 is 14.5. The molecule has 6 heteroatoms. The van der Waals surface area contributed by atoms with Crippen LogP contribution in [0.3, 0.4) is 0 Å². The molecular formula is C21H22FN2O3+. The highest BCUT2D eigenvalue weighted by Gasteiger charge is 2.47. The average Bonchev–Trinajstić information content (AvgIpc) is 2.91. The van der Waals surface area contributed by atoms with E-state index in [4.69, 9.17) is 0 Å². The Bertz CT molecular complexity index is 893. The van der Waals surface area contributed by atoms with Crippen molar-refractivity contribution in [1.29, 1.82) is 0 Å². The molecule has 0 aromatic heterocycles. The third-order valence-electron chi connectivity index (χ3n) is 4.64. The zero-order valence-electron chi connectivity index (χ0n) is 15.3. The van der Waals surface area contributed by atoms with Crippen LogP contribution in [0.1, 0.15) is 17.2 Å². The van der Waals surface area contributed by atoms with Gasteiger partial charge in [0.25, 0.3) is 11.7 Å². The van der Waals surface area contributed by atoms with Crippen molar-refractivity contribution >= 4 is 17.4 Å². The van der Waals surface area contributed by atoms with Crippen LogP contribution in [0, 0.1) is 5.82 Å². The predicted molar refractivity (Wildman–Crippen MR) is 99.5 cm³/mol. The number of aliphatic hydroxyl groups is 1. The molecule has 0 bridgehead atoms. The lowest BCUT2D eigenvalue weighted by Crippen LogP contribution is -3.06. The molecule has 1 heterocycles. The van der Waals surface area contributed by atoms with Gasteiger partial charge in [0.05, 0.1) is 38.8 Å². The molecule has 3 rings (SSSR count). The number of hydrogen-bond acceptors (Lipinski definition) is 3. The Kier molecular flexibility index (Phi) is 5.37. The summed E-state index contributed by atoms with van der Waals surface area (Å²) in [6.45, 7) is 0.862. The van der Waals surface area contributed by atoms with E-state index in [9.17, 15) is 19.1 Å². The number of nitrogens with zero attached hydrogens (tertiary/aromatic N) is 1. The van der Waals surface area contributed by atoms with Gasteiger partial charge in [-0.3, -0.25) is 9.59 Å². The Balaban J connectivity index is 2.17. The van der Waals surface area contributed by atoms with Crippen LogP contribution in [0.4, 0.5) is 4.39 Å². The van der Waals surface area contributed by atoms with Crippen molar-refractivity contribution in [3.63, 3.8) is 0 Å². The van der Waals surface area contributed by atoms with Crippen LogP contribution >= 0.6 is 0 Å². The van der Waals surface area contributed by atoms with E-state index >= 15 is 0 Å². The first-order valence-corrected chi connectivity index (χ1v) is 8.79. The Morgan fingerprint density at radius 2 is 1.70 bits per heavy atom. The molecule has 0 radical (unpaired) electrons. The first-order chi connectivity index (χ1) is 12.9. The number of halogens is 1. The van der Waals surface area contributed by atoms with Crippen LogP contribution in [0.25, 0.3) is 5.76 Å². The molecule has 0 aliphatic carbocycles. The van der Waals surface area contributed by atoms with Gasteiger partial charge in [0, 0.05) is 11.1 Å². The second kappa shape index (κ2) is 7.72. The SMILES string of the molecule is C[NH+](C)CCN1C(=O)C(=O)C(=C(O)c2ccccc2)C1c1ccccc1F. The molecular weight excluding hydrogens is 347 g/mol. The van der Waals surface area contributed by atoms with Crippen molar-refractivity contribution in [2.75, 3.05) is 27.2 Å². The third kappa shape index (κ3) is 3.61. The maximum Gasteiger partial charge on any atom is 0.295 e. The van der Waals surface area contributed by atoms with E-state index in [2.05, 4.69) is 0 Å². The number of carbonyl (C=O) groups is 2. The van der Waals surface area contributed by atoms with Gasteiger partial charge >= 0.3 is 0 Å². The minimum atomic E-state index is -0.953. The van der Waals surface area contributed by atoms with Gasteiger partial charge in [-0.05, 0) is 6.07 Å². The molecule has 0 spiro atoms. The van der Waals surface area contributed by atoms with Crippen molar-refractivity contribution < 1.29 is 24.0 Å². The van der Waals surface area contributed by atoms with Gasteiger partial charge in [0.15, 0.2) is 0 Å². The number of likely N-dealkylation sites (N-methyl/N-ethyl adjacent to an activating group) is 1. The molecule has 0 saturated carbocycles. The highest BCUT2D eigenvalue weighted by atomic mass is 19.1. The molecule has 1 saturated heterocycles. The molecule has 1 aliphatic heterocycles. The maximum atomic E-state index is 14.5. The molecule has 2 aromatic rings. The second-order valence-electron chi connectivity index (χ2n) is 6.84. The molecule has 2 aromatic carbocycles. The molecule has 27 heavy (non-hydrogen) atoms. The first kappa shape index (κ1) is 18.8. The van der Waals surface area contributed by atoms with Gasteiger partial charge in [0.1, 0.15) is 11.6 Å². The van der Waals surface area contributed by atoms with Crippen LogP contribution in [0.5, 0.6) is 0 Å². The van der Waals surface area contributed by atoms with Crippen molar-refractivity contribution in [3.8, 4) is 0 Å².